The summed E-state index contributed by atoms with van der Waals surface area (Å²) in [7, 11) is 0. The zero-order chi connectivity index (χ0) is 14.5. The molecule has 1 aliphatic rings. The van der Waals surface area contributed by atoms with Crippen LogP contribution in [0.4, 0.5) is 0 Å². The molecule has 1 saturated carbocycles. The first-order valence-corrected chi connectivity index (χ1v) is 7.51. The number of amides is 1. The first-order valence-electron chi connectivity index (χ1n) is 7.51. The third-order valence-electron chi connectivity index (χ3n) is 3.95. The van der Waals surface area contributed by atoms with Crippen molar-refractivity contribution in [1.82, 2.24) is 15.1 Å². The monoisotopic (exact) mass is 276 g/mol. The zero-order valence-electron chi connectivity index (χ0n) is 12.4. The lowest BCUT2D eigenvalue weighted by Crippen LogP contribution is -2.42. The van der Waals surface area contributed by atoms with Crippen molar-refractivity contribution in [3.05, 3.63) is 23.0 Å². The molecule has 1 heterocycles. The van der Waals surface area contributed by atoms with Gasteiger partial charge in [-0.2, -0.15) is 10.2 Å². The molecule has 1 aromatic rings. The highest BCUT2D eigenvalue weighted by Gasteiger charge is 2.28. The van der Waals surface area contributed by atoms with Crippen LogP contribution in [0.15, 0.2) is 6.07 Å². The molecule has 0 spiro atoms. The SMILES string of the molecule is CCc1nnc(C)cc1C(=O)N(CCN)C1CCCC1. The molecule has 2 rings (SSSR count). The third-order valence-corrected chi connectivity index (χ3v) is 3.95. The molecule has 1 aliphatic carbocycles. The summed E-state index contributed by atoms with van der Waals surface area (Å²) in [4.78, 5) is 14.8. The summed E-state index contributed by atoms with van der Waals surface area (Å²) >= 11 is 0. The van der Waals surface area contributed by atoms with E-state index in [9.17, 15) is 4.79 Å². The minimum atomic E-state index is 0.0669. The van der Waals surface area contributed by atoms with E-state index in [4.69, 9.17) is 5.73 Å². The number of aromatic nitrogens is 2. The standard InChI is InChI=1S/C15H24N4O/c1-3-14-13(10-11(2)17-18-14)15(20)19(9-8-16)12-6-4-5-7-12/h10,12H,3-9,16H2,1-2H3. The van der Waals surface area contributed by atoms with E-state index in [1.54, 1.807) is 0 Å². The van der Waals surface area contributed by atoms with Gasteiger partial charge in [-0.3, -0.25) is 4.79 Å². The van der Waals surface area contributed by atoms with Gasteiger partial charge < -0.3 is 10.6 Å². The highest BCUT2D eigenvalue weighted by atomic mass is 16.2. The predicted molar refractivity (Wildman–Crippen MR) is 78.5 cm³/mol. The van der Waals surface area contributed by atoms with E-state index in [1.807, 2.05) is 24.8 Å². The Balaban J connectivity index is 2.28. The number of nitrogens with two attached hydrogens (primary N) is 1. The summed E-state index contributed by atoms with van der Waals surface area (Å²) in [5.41, 5.74) is 7.95. The smallest absolute Gasteiger partial charge is 0.256 e. The van der Waals surface area contributed by atoms with Crippen molar-refractivity contribution in [3.63, 3.8) is 0 Å². The third kappa shape index (κ3) is 3.15. The fraction of sp³-hybridized carbons (Fsp3) is 0.667. The number of carbonyl (C=O) groups excluding carboxylic acids is 1. The van der Waals surface area contributed by atoms with E-state index in [0.29, 0.717) is 24.7 Å². The number of nitrogens with zero attached hydrogens (tertiary/aromatic N) is 3. The second kappa shape index (κ2) is 6.79. The molecule has 1 fully saturated rings. The maximum Gasteiger partial charge on any atom is 0.256 e. The van der Waals surface area contributed by atoms with E-state index < -0.39 is 0 Å². The summed E-state index contributed by atoms with van der Waals surface area (Å²) in [5, 5.41) is 8.21. The van der Waals surface area contributed by atoms with Crippen LogP contribution >= 0.6 is 0 Å². The van der Waals surface area contributed by atoms with Crippen LogP contribution in [0.2, 0.25) is 0 Å². The lowest BCUT2D eigenvalue weighted by molar-refractivity contribution is 0.0686. The van der Waals surface area contributed by atoms with Crippen molar-refractivity contribution < 1.29 is 4.79 Å². The van der Waals surface area contributed by atoms with Crippen molar-refractivity contribution in [2.45, 2.75) is 52.0 Å². The van der Waals surface area contributed by atoms with E-state index in [2.05, 4.69) is 10.2 Å². The van der Waals surface area contributed by atoms with Gasteiger partial charge in [0.15, 0.2) is 0 Å². The Bertz CT molecular complexity index is 469. The van der Waals surface area contributed by atoms with Crippen LogP contribution in [0.3, 0.4) is 0 Å². The van der Waals surface area contributed by atoms with Gasteiger partial charge in [0, 0.05) is 19.1 Å². The first-order chi connectivity index (χ1) is 9.67. The van der Waals surface area contributed by atoms with Crippen molar-refractivity contribution in [2.75, 3.05) is 13.1 Å². The van der Waals surface area contributed by atoms with Crippen molar-refractivity contribution in [1.29, 1.82) is 0 Å². The van der Waals surface area contributed by atoms with Gasteiger partial charge in [0.2, 0.25) is 0 Å². The van der Waals surface area contributed by atoms with E-state index in [0.717, 1.165) is 30.7 Å². The molecule has 0 saturated heterocycles. The van der Waals surface area contributed by atoms with Gasteiger partial charge in [-0.05, 0) is 32.3 Å². The second-order valence-electron chi connectivity index (χ2n) is 5.43. The first kappa shape index (κ1) is 14.9. The number of carbonyl (C=O) groups is 1. The normalized spacial score (nSPS) is 15.6. The molecule has 0 bridgehead atoms. The van der Waals surface area contributed by atoms with Crippen molar-refractivity contribution in [3.8, 4) is 0 Å². The molecule has 5 heteroatoms. The van der Waals surface area contributed by atoms with Crippen LogP contribution in [0, 0.1) is 6.92 Å². The molecular formula is C15H24N4O. The quantitative estimate of drug-likeness (QED) is 0.888. The van der Waals surface area contributed by atoms with E-state index >= 15 is 0 Å². The molecule has 5 nitrogen and oxygen atoms in total. The Kier molecular flexibility index (Phi) is 5.06. The van der Waals surface area contributed by atoms with Crippen molar-refractivity contribution in [2.24, 2.45) is 5.73 Å². The van der Waals surface area contributed by atoms with Gasteiger partial charge in [0.25, 0.3) is 5.91 Å². The molecule has 0 radical (unpaired) electrons. The van der Waals surface area contributed by atoms with Gasteiger partial charge in [0.1, 0.15) is 0 Å². The minimum absolute atomic E-state index is 0.0669. The molecule has 0 atom stereocenters. The topological polar surface area (TPSA) is 72.1 Å². The van der Waals surface area contributed by atoms with Crippen molar-refractivity contribution >= 4 is 5.91 Å². The maximum atomic E-state index is 12.9. The number of aryl methyl sites for hydroxylation is 2. The Morgan fingerprint density at radius 2 is 2.10 bits per heavy atom. The summed E-state index contributed by atoms with van der Waals surface area (Å²) in [5.74, 6) is 0.0669. The number of rotatable bonds is 5. The molecular weight excluding hydrogens is 252 g/mol. The summed E-state index contributed by atoms with van der Waals surface area (Å²) in [6.07, 6.45) is 5.30. The minimum Gasteiger partial charge on any atom is -0.334 e. The molecule has 1 amide bonds. The summed E-state index contributed by atoms with van der Waals surface area (Å²) < 4.78 is 0. The lowest BCUT2D eigenvalue weighted by atomic mass is 10.1. The average Bonchev–Trinajstić information content (AvgIpc) is 2.98. The highest BCUT2D eigenvalue weighted by Crippen LogP contribution is 2.25. The Morgan fingerprint density at radius 3 is 2.70 bits per heavy atom. The zero-order valence-corrected chi connectivity index (χ0v) is 12.4. The maximum absolute atomic E-state index is 12.9. The second-order valence-corrected chi connectivity index (χ2v) is 5.43. The fourth-order valence-corrected chi connectivity index (χ4v) is 2.92. The molecule has 20 heavy (non-hydrogen) atoms. The van der Waals surface area contributed by atoms with Gasteiger partial charge in [-0.15, -0.1) is 0 Å². The molecule has 2 N–H and O–H groups in total. The van der Waals surface area contributed by atoms with Crippen LogP contribution in [0.5, 0.6) is 0 Å². The van der Waals surface area contributed by atoms with Crippen LogP contribution in [-0.2, 0) is 6.42 Å². The van der Waals surface area contributed by atoms with E-state index in [-0.39, 0.29) is 5.91 Å². The van der Waals surface area contributed by atoms with Crippen LogP contribution in [0.1, 0.15) is 54.4 Å². The highest BCUT2D eigenvalue weighted by molar-refractivity contribution is 5.95. The largest absolute Gasteiger partial charge is 0.334 e. The number of hydrogen-bond donors (Lipinski definition) is 1. The van der Waals surface area contributed by atoms with Crippen LogP contribution in [-0.4, -0.2) is 40.1 Å². The van der Waals surface area contributed by atoms with E-state index in [1.165, 1.54) is 12.8 Å². The fourth-order valence-electron chi connectivity index (χ4n) is 2.92. The molecule has 110 valence electrons. The predicted octanol–water partition coefficient (Wildman–Crippen LogP) is 1.69. The molecule has 0 aromatic carbocycles. The van der Waals surface area contributed by atoms with Gasteiger partial charge >= 0.3 is 0 Å². The van der Waals surface area contributed by atoms with Gasteiger partial charge in [-0.1, -0.05) is 19.8 Å². The molecule has 1 aromatic heterocycles. The Labute approximate surface area is 120 Å². The van der Waals surface area contributed by atoms with Gasteiger partial charge in [-0.25, -0.2) is 0 Å². The molecule has 0 aliphatic heterocycles. The van der Waals surface area contributed by atoms with Gasteiger partial charge in [0.05, 0.1) is 17.0 Å². The lowest BCUT2D eigenvalue weighted by Gasteiger charge is -2.29. The Hall–Kier alpha value is -1.49. The Morgan fingerprint density at radius 1 is 1.40 bits per heavy atom. The average molecular weight is 276 g/mol. The van der Waals surface area contributed by atoms with Crippen LogP contribution in [0.25, 0.3) is 0 Å². The summed E-state index contributed by atoms with van der Waals surface area (Å²) in [6, 6.07) is 2.19. The van der Waals surface area contributed by atoms with Crippen LogP contribution < -0.4 is 5.73 Å². The molecule has 0 unspecified atom stereocenters. The summed E-state index contributed by atoms with van der Waals surface area (Å²) in [6.45, 7) is 4.99. The number of hydrogen-bond acceptors (Lipinski definition) is 4.